The van der Waals surface area contributed by atoms with Crippen molar-refractivity contribution in [3.8, 4) is 0 Å². The number of nitrogens with one attached hydrogen (secondary N) is 1. The molecule has 1 aliphatic rings. The van der Waals surface area contributed by atoms with E-state index in [1.165, 1.54) is 4.90 Å². The molecule has 0 spiro atoms. The van der Waals surface area contributed by atoms with Gasteiger partial charge < -0.3 is 5.32 Å². The molecule has 1 atom stereocenters. The van der Waals surface area contributed by atoms with E-state index in [0.29, 0.717) is 10.7 Å². The third-order valence-electron chi connectivity index (χ3n) is 3.03. The van der Waals surface area contributed by atoms with Gasteiger partial charge in [-0.2, -0.15) is 0 Å². The SMILES string of the molecule is CC(C)C1C(=O)NCC(=O)N1c1cc(Cl)ccc1Br. The van der Waals surface area contributed by atoms with Crippen LogP contribution in [0.5, 0.6) is 0 Å². The molecular weight excluding hydrogens is 332 g/mol. The second kappa shape index (κ2) is 5.51. The Balaban J connectivity index is 2.51. The number of carbonyl (C=O) groups is 2. The van der Waals surface area contributed by atoms with Crippen LogP contribution in [0.1, 0.15) is 13.8 Å². The van der Waals surface area contributed by atoms with Gasteiger partial charge in [0.25, 0.3) is 0 Å². The fourth-order valence-electron chi connectivity index (χ4n) is 2.18. The van der Waals surface area contributed by atoms with Crippen LogP contribution in [0.3, 0.4) is 0 Å². The number of piperazine rings is 1. The first-order valence-corrected chi connectivity index (χ1v) is 7.13. The largest absolute Gasteiger partial charge is 0.345 e. The molecule has 1 aromatic carbocycles. The lowest BCUT2D eigenvalue weighted by Crippen LogP contribution is -2.60. The molecule has 102 valence electrons. The molecule has 1 aliphatic heterocycles. The molecule has 1 saturated heterocycles. The van der Waals surface area contributed by atoms with Crippen LogP contribution in [0, 0.1) is 5.92 Å². The van der Waals surface area contributed by atoms with Crippen LogP contribution in [0.25, 0.3) is 0 Å². The van der Waals surface area contributed by atoms with Crippen LogP contribution in [0.4, 0.5) is 5.69 Å². The van der Waals surface area contributed by atoms with Crippen molar-refractivity contribution < 1.29 is 9.59 Å². The van der Waals surface area contributed by atoms with Crippen molar-refractivity contribution in [2.45, 2.75) is 19.9 Å². The molecule has 6 heteroatoms. The number of carbonyl (C=O) groups excluding carboxylic acids is 2. The molecule has 1 unspecified atom stereocenters. The number of rotatable bonds is 2. The highest BCUT2D eigenvalue weighted by atomic mass is 79.9. The van der Waals surface area contributed by atoms with E-state index in [1.54, 1.807) is 18.2 Å². The summed E-state index contributed by atoms with van der Waals surface area (Å²) in [5.74, 6) is -0.266. The summed E-state index contributed by atoms with van der Waals surface area (Å²) in [4.78, 5) is 25.7. The fourth-order valence-corrected chi connectivity index (χ4v) is 2.78. The average Bonchev–Trinajstić information content (AvgIpc) is 2.34. The van der Waals surface area contributed by atoms with Crippen molar-refractivity contribution in [2.75, 3.05) is 11.4 Å². The van der Waals surface area contributed by atoms with Gasteiger partial charge in [0.05, 0.1) is 12.2 Å². The Morgan fingerprint density at radius 2 is 2.11 bits per heavy atom. The molecule has 1 N–H and O–H groups in total. The van der Waals surface area contributed by atoms with Gasteiger partial charge in [0.1, 0.15) is 6.04 Å². The van der Waals surface area contributed by atoms with Crippen LogP contribution >= 0.6 is 27.5 Å². The van der Waals surface area contributed by atoms with Gasteiger partial charge >= 0.3 is 0 Å². The lowest BCUT2D eigenvalue weighted by Gasteiger charge is -2.37. The molecule has 2 rings (SSSR count). The average molecular weight is 346 g/mol. The number of benzene rings is 1. The lowest BCUT2D eigenvalue weighted by atomic mass is 9.98. The number of amides is 2. The summed E-state index contributed by atoms with van der Waals surface area (Å²) in [7, 11) is 0. The smallest absolute Gasteiger partial charge is 0.247 e. The molecule has 2 amide bonds. The zero-order valence-corrected chi connectivity index (χ0v) is 13.0. The molecule has 1 fully saturated rings. The first kappa shape index (κ1) is 14.3. The van der Waals surface area contributed by atoms with Crippen LogP contribution in [-0.4, -0.2) is 24.4 Å². The summed E-state index contributed by atoms with van der Waals surface area (Å²) >= 11 is 9.39. The van der Waals surface area contributed by atoms with E-state index in [-0.39, 0.29) is 24.3 Å². The highest BCUT2D eigenvalue weighted by Crippen LogP contribution is 2.33. The highest BCUT2D eigenvalue weighted by Gasteiger charge is 2.38. The predicted octanol–water partition coefficient (Wildman–Crippen LogP) is 2.59. The number of nitrogens with zero attached hydrogens (tertiary/aromatic N) is 1. The van der Waals surface area contributed by atoms with Crippen molar-refractivity contribution in [2.24, 2.45) is 5.92 Å². The summed E-state index contributed by atoms with van der Waals surface area (Å²) < 4.78 is 0.741. The van der Waals surface area contributed by atoms with Crippen molar-refractivity contribution in [1.82, 2.24) is 5.32 Å². The molecule has 0 saturated carbocycles. The van der Waals surface area contributed by atoms with Crippen molar-refractivity contribution in [3.05, 3.63) is 27.7 Å². The third-order valence-corrected chi connectivity index (χ3v) is 3.93. The van der Waals surface area contributed by atoms with E-state index in [2.05, 4.69) is 21.2 Å². The summed E-state index contributed by atoms with van der Waals surface area (Å²) in [5, 5.41) is 3.15. The highest BCUT2D eigenvalue weighted by molar-refractivity contribution is 9.10. The molecule has 19 heavy (non-hydrogen) atoms. The maximum atomic E-state index is 12.2. The van der Waals surface area contributed by atoms with Crippen molar-refractivity contribution in [1.29, 1.82) is 0 Å². The van der Waals surface area contributed by atoms with Crippen LogP contribution < -0.4 is 10.2 Å². The van der Waals surface area contributed by atoms with Gasteiger partial charge in [-0.05, 0) is 40.0 Å². The van der Waals surface area contributed by atoms with Crippen LogP contribution in [-0.2, 0) is 9.59 Å². The van der Waals surface area contributed by atoms with E-state index in [9.17, 15) is 9.59 Å². The summed E-state index contributed by atoms with van der Waals surface area (Å²) in [5.41, 5.74) is 0.631. The second-order valence-corrected chi connectivity index (χ2v) is 6.06. The Kier molecular flexibility index (Phi) is 4.16. The Hall–Kier alpha value is -1.07. The Labute approximate surface area is 125 Å². The van der Waals surface area contributed by atoms with Gasteiger partial charge in [0.2, 0.25) is 11.8 Å². The zero-order valence-electron chi connectivity index (χ0n) is 10.6. The summed E-state index contributed by atoms with van der Waals surface area (Å²) in [6.45, 7) is 3.84. The van der Waals surface area contributed by atoms with Crippen molar-refractivity contribution in [3.63, 3.8) is 0 Å². The first-order valence-electron chi connectivity index (χ1n) is 5.96. The maximum Gasteiger partial charge on any atom is 0.247 e. The minimum Gasteiger partial charge on any atom is -0.345 e. The normalized spacial score (nSPS) is 19.8. The molecule has 0 aromatic heterocycles. The number of anilines is 1. The van der Waals surface area contributed by atoms with Gasteiger partial charge in [0.15, 0.2) is 0 Å². The van der Waals surface area contributed by atoms with Crippen LogP contribution in [0.15, 0.2) is 22.7 Å². The molecule has 0 bridgehead atoms. The Morgan fingerprint density at radius 1 is 1.42 bits per heavy atom. The second-order valence-electron chi connectivity index (χ2n) is 4.77. The third kappa shape index (κ3) is 2.77. The molecule has 0 radical (unpaired) electrons. The van der Waals surface area contributed by atoms with E-state index in [4.69, 9.17) is 11.6 Å². The Bertz CT molecular complexity index is 533. The molecule has 4 nitrogen and oxygen atoms in total. The quantitative estimate of drug-likeness (QED) is 0.895. The summed E-state index contributed by atoms with van der Waals surface area (Å²) in [6, 6.07) is 4.68. The number of hydrogen-bond donors (Lipinski definition) is 1. The topological polar surface area (TPSA) is 49.4 Å². The predicted molar refractivity (Wildman–Crippen MR) is 78.3 cm³/mol. The zero-order chi connectivity index (χ0) is 14.2. The molecule has 0 aliphatic carbocycles. The van der Waals surface area contributed by atoms with Crippen molar-refractivity contribution >= 4 is 45.0 Å². The maximum absolute atomic E-state index is 12.2. The van der Waals surface area contributed by atoms with E-state index < -0.39 is 6.04 Å². The lowest BCUT2D eigenvalue weighted by molar-refractivity contribution is -0.131. The van der Waals surface area contributed by atoms with Gasteiger partial charge in [-0.25, -0.2) is 0 Å². The van der Waals surface area contributed by atoms with Gasteiger partial charge in [0, 0.05) is 9.50 Å². The van der Waals surface area contributed by atoms with Crippen LogP contribution in [0.2, 0.25) is 5.02 Å². The minimum atomic E-state index is -0.518. The van der Waals surface area contributed by atoms with E-state index >= 15 is 0 Å². The summed E-state index contributed by atoms with van der Waals surface area (Å²) in [6.07, 6.45) is 0. The monoisotopic (exact) mass is 344 g/mol. The minimum absolute atomic E-state index is 0.00938. The van der Waals surface area contributed by atoms with E-state index in [0.717, 1.165) is 4.47 Å². The number of halogens is 2. The Morgan fingerprint density at radius 3 is 2.74 bits per heavy atom. The molecule has 1 heterocycles. The fraction of sp³-hybridized carbons (Fsp3) is 0.385. The van der Waals surface area contributed by atoms with Gasteiger partial charge in [-0.15, -0.1) is 0 Å². The number of hydrogen-bond acceptors (Lipinski definition) is 2. The standard InChI is InChI=1S/C13H14BrClN2O2/c1-7(2)12-13(19)16-6-11(18)17(12)10-5-8(15)3-4-9(10)14/h3-5,7,12H,6H2,1-2H3,(H,16,19). The van der Waals surface area contributed by atoms with E-state index in [1.807, 2.05) is 13.8 Å². The van der Waals surface area contributed by atoms with Gasteiger partial charge in [-0.1, -0.05) is 25.4 Å². The molecule has 1 aromatic rings. The first-order chi connectivity index (χ1) is 8.91. The molecular formula is C13H14BrClN2O2. The van der Waals surface area contributed by atoms with Gasteiger partial charge in [-0.3, -0.25) is 14.5 Å².